The second kappa shape index (κ2) is 9.03. The van der Waals surface area contributed by atoms with Crippen LogP contribution < -0.4 is 14.8 Å². The smallest absolute Gasteiger partial charge is 0.317 e. The molecule has 6 heteroatoms. The maximum absolute atomic E-state index is 12.1. The van der Waals surface area contributed by atoms with Gasteiger partial charge in [-0.05, 0) is 24.3 Å². The molecule has 2 aromatic rings. The SMILES string of the molecule is COc1ccccc1CNC(=O)N(C)CCOc1cccc(Cl)c1. The molecule has 2 amide bonds. The van der Waals surface area contributed by atoms with E-state index < -0.39 is 0 Å². The van der Waals surface area contributed by atoms with Crippen molar-refractivity contribution in [3.05, 3.63) is 59.1 Å². The molecule has 0 fully saturated rings. The first-order valence-corrected chi connectivity index (χ1v) is 7.97. The molecule has 0 aliphatic heterocycles. The third-order valence-corrected chi connectivity index (χ3v) is 3.70. The van der Waals surface area contributed by atoms with Gasteiger partial charge in [-0.3, -0.25) is 0 Å². The van der Waals surface area contributed by atoms with E-state index in [1.54, 1.807) is 31.2 Å². The number of urea groups is 1. The van der Waals surface area contributed by atoms with Gasteiger partial charge in [-0.15, -0.1) is 0 Å². The fraction of sp³-hybridized carbons (Fsp3) is 0.278. The second-order valence-electron chi connectivity index (χ2n) is 5.20. The highest BCUT2D eigenvalue weighted by molar-refractivity contribution is 6.30. The quantitative estimate of drug-likeness (QED) is 0.832. The number of nitrogens with zero attached hydrogens (tertiary/aromatic N) is 1. The average Bonchev–Trinajstić information content (AvgIpc) is 2.59. The predicted octanol–water partition coefficient (Wildman–Crippen LogP) is 3.57. The number of methoxy groups -OCH3 is 1. The standard InChI is InChI=1S/C18H21ClN2O3/c1-21(10-11-24-16-8-5-7-15(19)12-16)18(22)20-13-14-6-3-4-9-17(14)23-2/h3-9,12H,10-11,13H2,1-2H3,(H,20,22). The lowest BCUT2D eigenvalue weighted by atomic mass is 10.2. The Morgan fingerprint density at radius 2 is 2.00 bits per heavy atom. The number of halogens is 1. The molecule has 0 radical (unpaired) electrons. The third kappa shape index (κ3) is 5.35. The highest BCUT2D eigenvalue weighted by Crippen LogP contribution is 2.17. The number of carbonyl (C=O) groups excluding carboxylic acids is 1. The van der Waals surface area contributed by atoms with Gasteiger partial charge in [0.1, 0.15) is 18.1 Å². The van der Waals surface area contributed by atoms with Crippen LogP contribution in [0.2, 0.25) is 5.02 Å². The minimum Gasteiger partial charge on any atom is -0.496 e. The molecular weight excluding hydrogens is 328 g/mol. The fourth-order valence-electron chi connectivity index (χ4n) is 2.11. The van der Waals surface area contributed by atoms with Crippen molar-refractivity contribution >= 4 is 17.6 Å². The predicted molar refractivity (Wildman–Crippen MR) is 94.8 cm³/mol. The lowest BCUT2D eigenvalue weighted by Crippen LogP contribution is -2.39. The van der Waals surface area contributed by atoms with Crippen LogP contribution in [0.25, 0.3) is 0 Å². The second-order valence-corrected chi connectivity index (χ2v) is 5.63. The number of likely N-dealkylation sites (N-methyl/N-ethyl adjacent to an activating group) is 1. The zero-order chi connectivity index (χ0) is 17.4. The maximum Gasteiger partial charge on any atom is 0.317 e. The number of hydrogen-bond acceptors (Lipinski definition) is 3. The molecule has 0 saturated carbocycles. The zero-order valence-corrected chi connectivity index (χ0v) is 14.5. The summed E-state index contributed by atoms with van der Waals surface area (Å²) in [7, 11) is 3.33. The lowest BCUT2D eigenvalue weighted by Gasteiger charge is -2.19. The van der Waals surface area contributed by atoms with Gasteiger partial charge in [0.15, 0.2) is 0 Å². The van der Waals surface area contributed by atoms with E-state index >= 15 is 0 Å². The molecule has 0 aliphatic rings. The monoisotopic (exact) mass is 348 g/mol. The number of hydrogen-bond donors (Lipinski definition) is 1. The van der Waals surface area contributed by atoms with Crippen molar-refractivity contribution in [1.82, 2.24) is 10.2 Å². The Morgan fingerprint density at radius 1 is 1.21 bits per heavy atom. The summed E-state index contributed by atoms with van der Waals surface area (Å²) in [5, 5.41) is 3.48. The molecule has 0 unspecified atom stereocenters. The van der Waals surface area contributed by atoms with Crippen molar-refractivity contribution in [3.8, 4) is 11.5 Å². The van der Waals surface area contributed by atoms with Gasteiger partial charge >= 0.3 is 6.03 Å². The van der Waals surface area contributed by atoms with E-state index in [1.165, 1.54) is 0 Å². The van der Waals surface area contributed by atoms with Crippen LogP contribution in [0.3, 0.4) is 0 Å². The number of amides is 2. The molecule has 0 aliphatic carbocycles. The highest BCUT2D eigenvalue weighted by Gasteiger charge is 2.09. The van der Waals surface area contributed by atoms with E-state index in [-0.39, 0.29) is 6.03 Å². The first-order chi connectivity index (χ1) is 11.6. The summed E-state index contributed by atoms with van der Waals surface area (Å²) in [5.74, 6) is 1.44. The van der Waals surface area contributed by atoms with Crippen LogP contribution in [0.5, 0.6) is 11.5 Å². The fourth-order valence-corrected chi connectivity index (χ4v) is 2.29. The number of nitrogens with one attached hydrogen (secondary N) is 1. The Bertz CT molecular complexity index is 679. The van der Waals surface area contributed by atoms with E-state index in [0.717, 1.165) is 11.3 Å². The Kier molecular flexibility index (Phi) is 6.75. The van der Waals surface area contributed by atoms with Crippen molar-refractivity contribution < 1.29 is 14.3 Å². The van der Waals surface area contributed by atoms with Gasteiger partial charge in [-0.2, -0.15) is 0 Å². The van der Waals surface area contributed by atoms with Crippen molar-refractivity contribution in [1.29, 1.82) is 0 Å². The largest absolute Gasteiger partial charge is 0.496 e. The average molecular weight is 349 g/mol. The number of carbonyl (C=O) groups is 1. The van der Waals surface area contributed by atoms with Gasteiger partial charge < -0.3 is 19.7 Å². The van der Waals surface area contributed by atoms with E-state index in [0.29, 0.717) is 30.5 Å². The molecule has 128 valence electrons. The number of benzene rings is 2. The van der Waals surface area contributed by atoms with Gasteiger partial charge in [-0.25, -0.2) is 4.79 Å². The summed E-state index contributed by atoms with van der Waals surface area (Å²) in [6.45, 7) is 1.26. The highest BCUT2D eigenvalue weighted by atomic mass is 35.5. The molecule has 0 atom stereocenters. The topological polar surface area (TPSA) is 50.8 Å². The molecule has 0 heterocycles. The summed E-state index contributed by atoms with van der Waals surface area (Å²) >= 11 is 5.90. The van der Waals surface area contributed by atoms with Crippen LogP contribution in [0.4, 0.5) is 4.79 Å². The van der Waals surface area contributed by atoms with E-state index in [9.17, 15) is 4.79 Å². The molecule has 0 saturated heterocycles. The molecule has 1 N–H and O–H groups in total. The Hall–Kier alpha value is -2.40. The molecule has 0 aromatic heterocycles. The first-order valence-electron chi connectivity index (χ1n) is 7.59. The van der Waals surface area contributed by atoms with E-state index in [4.69, 9.17) is 21.1 Å². The van der Waals surface area contributed by atoms with Gasteiger partial charge in [0, 0.05) is 24.2 Å². The summed E-state index contributed by atoms with van der Waals surface area (Å²) in [6, 6.07) is 14.6. The van der Waals surface area contributed by atoms with Crippen molar-refractivity contribution in [2.45, 2.75) is 6.54 Å². The van der Waals surface area contributed by atoms with Crippen LogP contribution >= 0.6 is 11.6 Å². The Balaban J connectivity index is 1.76. The Morgan fingerprint density at radius 3 is 2.75 bits per heavy atom. The molecule has 0 spiro atoms. The molecule has 2 rings (SSSR count). The van der Waals surface area contributed by atoms with Crippen LogP contribution in [-0.2, 0) is 6.54 Å². The molecule has 0 bridgehead atoms. The van der Waals surface area contributed by atoms with Gasteiger partial charge in [0.05, 0.1) is 13.7 Å². The van der Waals surface area contributed by atoms with Crippen LogP contribution in [-0.4, -0.2) is 38.2 Å². The van der Waals surface area contributed by atoms with Crippen LogP contribution in [0.15, 0.2) is 48.5 Å². The normalized spacial score (nSPS) is 10.1. The molecule has 24 heavy (non-hydrogen) atoms. The van der Waals surface area contributed by atoms with E-state index in [1.807, 2.05) is 36.4 Å². The molecule has 2 aromatic carbocycles. The van der Waals surface area contributed by atoms with Crippen molar-refractivity contribution in [3.63, 3.8) is 0 Å². The van der Waals surface area contributed by atoms with Gasteiger partial charge in [0.25, 0.3) is 0 Å². The zero-order valence-electron chi connectivity index (χ0n) is 13.8. The molecular formula is C18H21ClN2O3. The minimum atomic E-state index is -0.171. The van der Waals surface area contributed by atoms with Crippen LogP contribution in [0, 0.1) is 0 Å². The maximum atomic E-state index is 12.1. The summed E-state index contributed by atoms with van der Waals surface area (Å²) < 4.78 is 10.8. The summed E-state index contributed by atoms with van der Waals surface area (Å²) in [4.78, 5) is 13.7. The number of ether oxygens (including phenoxy) is 2. The molecule has 5 nitrogen and oxygen atoms in total. The summed E-state index contributed by atoms with van der Waals surface area (Å²) in [5.41, 5.74) is 0.928. The third-order valence-electron chi connectivity index (χ3n) is 3.46. The summed E-state index contributed by atoms with van der Waals surface area (Å²) in [6.07, 6.45) is 0. The van der Waals surface area contributed by atoms with Crippen LogP contribution in [0.1, 0.15) is 5.56 Å². The van der Waals surface area contributed by atoms with E-state index in [2.05, 4.69) is 5.32 Å². The number of para-hydroxylation sites is 1. The van der Waals surface area contributed by atoms with Crippen molar-refractivity contribution in [2.75, 3.05) is 27.3 Å². The lowest BCUT2D eigenvalue weighted by molar-refractivity contribution is 0.195. The van der Waals surface area contributed by atoms with Crippen molar-refractivity contribution in [2.24, 2.45) is 0 Å². The number of rotatable bonds is 7. The van der Waals surface area contributed by atoms with Gasteiger partial charge in [0.2, 0.25) is 0 Å². The first kappa shape index (κ1) is 17.9. The Labute approximate surface area is 147 Å². The van der Waals surface area contributed by atoms with Gasteiger partial charge in [-0.1, -0.05) is 35.9 Å². The minimum absolute atomic E-state index is 0.171.